The van der Waals surface area contributed by atoms with Crippen molar-refractivity contribution in [2.75, 3.05) is 0 Å². The fourth-order valence-corrected chi connectivity index (χ4v) is 1.54. The number of hydrogen-bond acceptors (Lipinski definition) is 1. The lowest BCUT2D eigenvalue weighted by Gasteiger charge is -2.02. The van der Waals surface area contributed by atoms with E-state index in [1.165, 1.54) is 12.1 Å². The maximum Gasteiger partial charge on any atom is 0.137 e. The molecule has 0 saturated heterocycles. The Labute approximate surface area is 94.5 Å². The number of rotatable bonds is 6. The van der Waals surface area contributed by atoms with Crippen LogP contribution in [0.2, 0.25) is 0 Å². The molecule has 16 heavy (non-hydrogen) atoms. The first kappa shape index (κ1) is 12.8. The Morgan fingerprint density at radius 2 is 2.00 bits per heavy atom. The fourth-order valence-electron chi connectivity index (χ4n) is 1.54. The summed E-state index contributed by atoms with van der Waals surface area (Å²) >= 11 is 0. The van der Waals surface area contributed by atoms with E-state index in [-0.39, 0.29) is 17.8 Å². The minimum atomic E-state index is -0.635. The number of unbranched alkanes of at least 4 members (excludes halogenated alkanes) is 2. The highest BCUT2D eigenvalue weighted by Gasteiger charge is 2.08. The summed E-state index contributed by atoms with van der Waals surface area (Å²) < 4.78 is 25.8. The van der Waals surface area contributed by atoms with E-state index in [4.69, 9.17) is 0 Å². The average Bonchev–Trinajstić information content (AvgIpc) is 2.23. The van der Waals surface area contributed by atoms with E-state index in [9.17, 15) is 13.6 Å². The molecule has 0 radical (unpaired) electrons. The summed E-state index contributed by atoms with van der Waals surface area (Å²) in [4.78, 5) is 11.5. The molecule has 1 rings (SSSR count). The van der Waals surface area contributed by atoms with Crippen LogP contribution in [0.15, 0.2) is 18.2 Å². The van der Waals surface area contributed by atoms with Gasteiger partial charge >= 0.3 is 0 Å². The van der Waals surface area contributed by atoms with Crippen molar-refractivity contribution in [3.05, 3.63) is 35.4 Å². The molecule has 0 bridgehead atoms. The van der Waals surface area contributed by atoms with Crippen LogP contribution in [0.25, 0.3) is 0 Å². The van der Waals surface area contributed by atoms with Gasteiger partial charge in [-0.15, -0.1) is 0 Å². The molecule has 0 atom stereocenters. The topological polar surface area (TPSA) is 17.1 Å². The van der Waals surface area contributed by atoms with E-state index in [2.05, 4.69) is 6.92 Å². The predicted octanol–water partition coefficient (Wildman–Crippen LogP) is 3.66. The first-order chi connectivity index (χ1) is 7.63. The number of benzene rings is 1. The lowest BCUT2D eigenvalue weighted by atomic mass is 10.0. The quantitative estimate of drug-likeness (QED) is 0.676. The van der Waals surface area contributed by atoms with E-state index in [0.29, 0.717) is 6.42 Å². The molecular weight excluding hydrogens is 210 g/mol. The molecule has 0 unspecified atom stereocenters. The second-order valence-electron chi connectivity index (χ2n) is 3.91. The first-order valence-corrected chi connectivity index (χ1v) is 5.59. The lowest BCUT2D eigenvalue weighted by molar-refractivity contribution is -0.118. The van der Waals surface area contributed by atoms with Crippen LogP contribution in [0, 0.1) is 11.6 Å². The molecule has 0 aliphatic carbocycles. The van der Waals surface area contributed by atoms with Gasteiger partial charge < -0.3 is 0 Å². The van der Waals surface area contributed by atoms with Gasteiger partial charge in [-0.3, -0.25) is 4.79 Å². The zero-order valence-electron chi connectivity index (χ0n) is 9.43. The highest BCUT2D eigenvalue weighted by atomic mass is 19.1. The average molecular weight is 226 g/mol. The first-order valence-electron chi connectivity index (χ1n) is 5.59. The molecule has 0 aliphatic rings. The summed E-state index contributed by atoms with van der Waals surface area (Å²) in [6.07, 6.45) is 3.45. The number of carbonyl (C=O) groups excluding carboxylic acids is 1. The van der Waals surface area contributed by atoms with Gasteiger partial charge in [0.05, 0.1) is 0 Å². The van der Waals surface area contributed by atoms with Gasteiger partial charge in [0.25, 0.3) is 0 Å². The highest BCUT2D eigenvalue weighted by Crippen LogP contribution is 2.12. The van der Waals surface area contributed by atoms with Gasteiger partial charge in [0.2, 0.25) is 0 Å². The Kier molecular flexibility index (Phi) is 5.09. The smallest absolute Gasteiger partial charge is 0.137 e. The number of halogens is 2. The second-order valence-corrected chi connectivity index (χ2v) is 3.91. The Balaban J connectivity index is 2.49. The van der Waals surface area contributed by atoms with Gasteiger partial charge in [-0.2, -0.15) is 0 Å². The third kappa shape index (κ3) is 4.09. The summed E-state index contributed by atoms with van der Waals surface area (Å²) in [5, 5.41) is 0. The van der Waals surface area contributed by atoms with Gasteiger partial charge in [0, 0.05) is 18.9 Å². The molecule has 88 valence electrons. The standard InChI is InChI=1S/C13H16F2O/c1-2-3-4-5-12(16)8-10-6-7-11(14)9-13(10)15/h6-7,9H,2-5,8H2,1H3. The number of ketones is 1. The number of Topliss-reactive ketones (excluding diaryl/α,β-unsaturated/α-hetero) is 1. The van der Waals surface area contributed by atoms with Crippen molar-refractivity contribution in [2.24, 2.45) is 0 Å². The molecule has 1 nitrogen and oxygen atoms in total. The van der Waals surface area contributed by atoms with E-state index >= 15 is 0 Å². The zero-order valence-corrected chi connectivity index (χ0v) is 9.43. The lowest BCUT2D eigenvalue weighted by Crippen LogP contribution is -2.04. The van der Waals surface area contributed by atoms with E-state index in [1.54, 1.807) is 0 Å². The minimum Gasteiger partial charge on any atom is -0.299 e. The van der Waals surface area contributed by atoms with Crippen LogP contribution < -0.4 is 0 Å². The molecule has 0 spiro atoms. The van der Waals surface area contributed by atoms with E-state index in [0.717, 1.165) is 25.3 Å². The normalized spacial score (nSPS) is 10.4. The minimum absolute atomic E-state index is 0.0129. The fraction of sp³-hybridized carbons (Fsp3) is 0.462. The number of hydrogen-bond donors (Lipinski definition) is 0. The maximum atomic E-state index is 13.2. The van der Waals surface area contributed by atoms with Crippen molar-refractivity contribution < 1.29 is 13.6 Å². The van der Waals surface area contributed by atoms with Crippen LogP contribution in [0.1, 0.15) is 38.2 Å². The Bertz CT molecular complexity index is 361. The molecule has 0 heterocycles. The van der Waals surface area contributed by atoms with Crippen LogP contribution in [-0.4, -0.2) is 5.78 Å². The van der Waals surface area contributed by atoms with Gasteiger partial charge in [-0.05, 0) is 18.1 Å². The summed E-state index contributed by atoms with van der Waals surface area (Å²) in [6.45, 7) is 2.06. The third-order valence-corrected chi connectivity index (χ3v) is 2.46. The molecule has 0 aromatic heterocycles. The van der Waals surface area contributed by atoms with Crippen molar-refractivity contribution in [3.8, 4) is 0 Å². The summed E-state index contributed by atoms with van der Waals surface area (Å²) in [5.74, 6) is -1.23. The monoisotopic (exact) mass is 226 g/mol. The molecule has 0 amide bonds. The second kappa shape index (κ2) is 6.36. The highest BCUT2D eigenvalue weighted by molar-refractivity contribution is 5.80. The van der Waals surface area contributed by atoms with Crippen LogP contribution in [-0.2, 0) is 11.2 Å². The van der Waals surface area contributed by atoms with Crippen molar-refractivity contribution in [3.63, 3.8) is 0 Å². The Morgan fingerprint density at radius 1 is 1.25 bits per heavy atom. The van der Waals surface area contributed by atoms with E-state index < -0.39 is 11.6 Å². The molecule has 1 aromatic carbocycles. The van der Waals surface area contributed by atoms with Gasteiger partial charge in [0.15, 0.2) is 0 Å². The van der Waals surface area contributed by atoms with Gasteiger partial charge in [0.1, 0.15) is 17.4 Å². The Hall–Kier alpha value is -1.25. The van der Waals surface area contributed by atoms with E-state index in [1.807, 2.05) is 0 Å². The van der Waals surface area contributed by atoms with Gasteiger partial charge in [-0.25, -0.2) is 8.78 Å². The summed E-state index contributed by atoms with van der Waals surface area (Å²) in [7, 11) is 0. The van der Waals surface area contributed by atoms with Crippen molar-refractivity contribution >= 4 is 5.78 Å². The summed E-state index contributed by atoms with van der Waals surface area (Å²) in [5.41, 5.74) is 0.280. The van der Waals surface area contributed by atoms with Crippen LogP contribution >= 0.6 is 0 Å². The molecule has 1 aromatic rings. The number of carbonyl (C=O) groups is 1. The SMILES string of the molecule is CCCCCC(=O)Cc1ccc(F)cc1F. The molecule has 3 heteroatoms. The predicted molar refractivity (Wildman–Crippen MR) is 59.2 cm³/mol. The van der Waals surface area contributed by atoms with Crippen LogP contribution in [0.3, 0.4) is 0 Å². The molecule has 0 fully saturated rings. The van der Waals surface area contributed by atoms with Crippen molar-refractivity contribution in [1.29, 1.82) is 0 Å². The molecular formula is C13H16F2O. The van der Waals surface area contributed by atoms with Crippen molar-refractivity contribution in [1.82, 2.24) is 0 Å². The largest absolute Gasteiger partial charge is 0.299 e. The molecule has 0 N–H and O–H groups in total. The van der Waals surface area contributed by atoms with Crippen LogP contribution in [0.5, 0.6) is 0 Å². The Morgan fingerprint density at radius 3 is 2.62 bits per heavy atom. The molecule has 0 saturated carbocycles. The molecule has 0 aliphatic heterocycles. The summed E-state index contributed by atoms with van der Waals surface area (Å²) in [6, 6.07) is 3.33. The maximum absolute atomic E-state index is 13.2. The van der Waals surface area contributed by atoms with Crippen molar-refractivity contribution in [2.45, 2.75) is 39.0 Å². The van der Waals surface area contributed by atoms with Crippen LogP contribution in [0.4, 0.5) is 8.78 Å². The van der Waals surface area contributed by atoms with Gasteiger partial charge in [-0.1, -0.05) is 25.8 Å². The third-order valence-electron chi connectivity index (χ3n) is 2.46. The zero-order chi connectivity index (χ0) is 12.0.